The number of thiophene rings is 1. The third-order valence-electron chi connectivity index (χ3n) is 2.70. The Kier molecular flexibility index (Phi) is 3.62. The number of halogens is 3. The Morgan fingerprint density at radius 3 is 2.80 bits per heavy atom. The van der Waals surface area contributed by atoms with E-state index in [4.69, 9.17) is 16.3 Å². The highest BCUT2D eigenvalue weighted by Gasteiger charge is 2.14. The quantitative estimate of drug-likeness (QED) is 0.598. The first-order chi connectivity index (χ1) is 9.58. The molecule has 0 bridgehead atoms. The number of fused-ring (bicyclic) bond motifs is 1. The van der Waals surface area contributed by atoms with Gasteiger partial charge in [-0.25, -0.2) is 14.4 Å². The van der Waals surface area contributed by atoms with Crippen LogP contribution in [0.3, 0.4) is 0 Å². The number of benzene rings is 1. The van der Waals surface area contributed by atoms with Crippen LogP contribution in [0, 0.1) is 5.82 Å². The van der Waals surface area contributed by atoms with E-state index in [0.29, 0.717) is 21.4 Å². The maximum Gasteiger partial charge on any atom is 0.171 e. The van der Waals surface area contributed by atoms with Crippen molar-refractivity contribution in [2.75, 3.05) is 7.11 Å². The molecule has 0 atom stereocenters. The Labute approximate surface area is 131 Å². The molecule has 102 valence electrons. The van der Waals surface area contributed by atoms with Crippen molar-refractivity contribution in [2.24, 2.45) is 0 Å². The monoisotopic (exact) mass is 372 g/mol. The van der Waals surface area contributed by atoms with Crippen LogP contribution in [-0.2, 0) is 0 Å². The van der Waals surface area contributed by atoms with Crippen molar-refractivity contribution in [2.45, 2.75) is 0 Å². The topological polar surface area (TPSA) is 35.0 Å². The van der Waals surface area contributed by atoms with Gasteiger partial charge in [0.25, 0.3) is 0 Å². The minimum absolute atomic E-state index is 0.204. The smallest absolute Gasteiger partial charge is 0.171 e. The maximum absolute atomic E-state index is 14.0. The Hall–Kier alpha value is -1.24. The molecule has 7 heteroatoms. The molecule has 0 spiro atoms. The SMILES string of the molecule is COc1csc(-c2nc(Cl)c3cc(Br)cc(F)c3n2)c1. The molecule has 0 unspecified atom stereocenters. The molecular weight excluding hydrogens is 367 g/mol. The fraction of sp³-hybridized carbons (Fsp3) is 0.0769. The second-order valence-corrected chi connectivity index (χ2v) is 6.16. The van der Waals surface area contributed by atoms with Gasteiger partial charge in [0, 0.05) is 21.3 Å². The highest BCUT2D eigenvalue weighted by Crippen LogP contribution is 2.33. The van der Waals surface area contributed by atoms with Crippen LogP contribution in [0.25, 0.3) is 21.6 Å². The van der Waals surface area contributed by atoms with Gasteiger partial charge in [-0.15, -0.1) is 11.3 Å². The van der Waals surface area contributed by atoms with E-state index in [1.807, 2.05) is 5.38 Å². The Morgan fingerprint density at radius 2 is 2.10 bits per heavy atom. The molecule has 0 N–H and O–H groups in total. The lowest BCUT2D eigenvalue weighted by Crippen LogP contribution is -1.93. The van der Waals surface area contributed by atoms with Gasteiger partial charge < -0.3 is 4.74 Å². The van der Waals surface area contributed by atoms with Gasteiger partial charge in [0.15, 0.2) is 11.6 Å². The Morgan fingerprint density at radius 1 is 1.30 bits per heavy atom. The lowest BCUT2D eigenvalue weighted by molar-refractivity contribution is 0.417. The fourth-order valence-electron chi connectivity index (χ4n) is 1.77. The molecule has 0 fully saturated rings. The summed E-state index contributed by atoms with van der Waals surface area (Å²) in [5.41, 5.74) is 0.204. The van der Waals surface area contributed by atoms with Crippen molar-refractivity contribution in [3.05, 3.63) is 39.0 Å². The summed E-state index contributed by atoms with van der Waals surface area (Å²) in [5, 5.41) is 2.53. The Bertz CT molecular complexity index is 808. The second-order valence-electron chi connectivity index (χ2n) is 3.97. The highest BCUT2D eigenvalue weighted by molar-refractivity contribution is 9.10. The average Bonchev–Trinajstić information content (AvgIpc) is 2.88. The van der Waals surface area contributed by atoms with E-state index in [0.717, 1.165) is 4.88 Å². The lowest BCUT2D eigenvalue weighted by Gasteiger charge is -2.04. The molecule has 0 aliphatic heterocycles. The van der Waals surface area contributed by atoms with Gasteiger partial charge in [-0.05, 0) is 12.1 Å². The molecule has 3 rings (SSSR count). The van der Waals surface area contributed by atoms with Crippen LogP contribution in [0.15, 0.2) is 28.1 Å². The number of hydrogen-bond donors (Lipinski definition) is 0. The fourth-order valence-corrected chi connectivity index (χ4v) is 3.22. The van der Waals surface area contributed by atoms with E-state index in [9.17, 15) is 4.39 Å². The third-order valence-corrected chi connectivity index (χ3v) is 4.35. The average molecular weight is 374 g/mol. The van der Waals surface area contributed by atoms with Crippen LogP contribution in [-0.4, -0.2) is 17.1 Å². The van der Waals surface area contributed by atoms with Crippen LogP contribution in [0.2, 0.25) is 5.15 Å². The van der Waals surface area contributed by atoms with Crippen molar-refractivity contribution in [1.82, 2.24) is 9.97 Å². The third kappa shape index (κ3) is 2.39. The minimum Gasteiger partial charge on any atom is -0.496 e. The van der Waals surface area contributed by atoms with Crippen LogP contribution in [0.4, 0.5) is 4.39 Å². The summed E-state index contributed by atoms with van der Waals surface area (Å²) < 4.78 is 19.7. The largest absolute Gasteiger partial charge is 0.496 e. The Balaban J connectivity index is 2.23. The zero-order valence-electron chi connectivity index (χ0n) is 10.2. The molecule has 0 radical (unpaired) electrons. The molecule has 20 heavy (non-hydrogen) atoms. The predicted molar refractivity (Wildman–Crippen MR) is 82.1 cm³/mol. The minimum atomic E-state index is -0.441. The van der Waals surface area contributed by atoms with Crippen LogP contribution in [0.1, 0.15) is 0 Å². The molecule has 0 aliphatic rings. The molecular formula is C13H7BrClFN2OS. The number of methoxy groups -OCH3 is 1. The van der Waals surface area contributed by atoms with Crippen molar-refractivity contribution >= 4 is 49.8 Å². The van der Waals surface area contributed by atoms with E-state index < -0.39 is 5.82 Å². The summed E-state index contributed by atoms with van der Waals surface area (Å²) in [5.74, 6) is 0.654. The van der Waals surface area contributed by atoms with Gasteiger partial charge in [-0.3, -0.25) is 0 Å². The van der Waals surface area contributed by atoms with E-state index in [-0.39, 0.29) is 10.7 Å². The van der Waals surface area contributed by atoms with Crippen LogP contribution in [0.5, 0.6) is 5.75 Å². The summed E-state index contributed by atoms with van der Waals surface area (Å²) in [6, 6.07) is 4.84. The van der Waals surface area contributed by atoms with E-state index in [1.165, 1.54) is 17.4 Å². The summed E-state index contributed by atoms with van der Waals surface area (Å²) in [6.45, 7) is 0. The molecule has 2 heterocycles. The van der Waals surface area contributed by atoms with Crippen molar-refractivity contribution in [3.63, 3.8) is 0 Å². The van der Waals surface area contributed by atoms with E-state index in [2.05, 4.69) is 25.9 Å². The summed E-state index contributed by atoms with van der Waals surface area (Å²) in [6.07, 6.45) is 0. The number of aromatic nitrogens is 2. The molecule has 0 saturated carbocycles. The molecule has 1 aromatic carbocycles. The van der Waals surface area contributed by atoms with Gasteiger partial charge in [-0.1, -0.05) is 27.5 Å². The second kappa shape index (κ2) is 5.27. The summed E-state index contributed by atoms with van der Waals surface area (Å²) in [4.78, 5) is 9.25. The normalized spacial score (nSPS) is 11.0. The highest BCUT2D eigenvalue weighted by atomic mass is 79.9. The zero-order valence-corrected chi connectivity index (χ0v) is 13.3. The van der Waals surface area contributed by atoms with Gasteiger partial charge in [0.2, 0.25) is 0 Å². The zero-order chi connectivity index (χ0) is 14.3. The number of nitrogens with zero attached hydrogens (tertiary/aromatic N) is 2. The molecule has 3 aromatic rings. The van der Waals surface area contributed by atoms with E-state index >= 15 is 0 Å². The molecule has 0 saturated heterocycles. The van der Waals surface area contributed by atoms with E-state index in [1.54, 1.807) is 19.2 Å². The first-order valence-corrected chi connectivity index (χ1v) is 7.58. The molecule has 3 nitrogen and oxygen atoms in total. The van der Waals surface area contributed by atoms with Gasteiger partial charge in [-0.2, -0.15) is 0 Å². The van der Waals surface area contributed by atoms with Crippen molar-refractivity contribution in [1.29, 1.82) is 0 Å². The number of ether oxygens (including phenoxy) is 1. The van der Waals surface area contributed by atoms with Crippen LogP contribution >= 0.6 is 38.9 Å². The van der Waals surface area contributed by atoms with Crippen LogP contribution < -0.4 is 4.74 Å². The summed E-state index contributed by atoms with van der Waals surface area (Å²) in [7, 11) is 1.58. The van der Waals surface area contributed by atoms with Gasteiger partial charge >= 0.3 is 0 Å². The standard InChI is InChI=1S/C13H7BrClFN2OS/c1-19-7-4-10(20-5-7)13-17-11-8(12(15)18-13)2-6(14)3-9(11)16/h2-5H,1H3. The van der Waals surface area contributed by atoms with Crippen molar-refractivity contribution in [3.8, 4) is 16.5 Å². The molecule has 2 aromatic heterocycles. The maximum atomic E-state index is 14.0. The van der Waals surface area contributed by atoms with Crippen molar-refractivity contribution < 1.29 is 9.13 Å². The number of hydrogen-bond acceptors (Lipinski definition) is 4. The first kappa shape index (κ1) is 13.7. The lowest BCUT2D eigenvalue weighted by atomic mass is 10.2. The predicted octanol–water partition coefficient (Wildman–Crippen LogP) is 4.92. The first-order valence-electron chi connectivity index (χ1n) is 5.53. The van der Waals surface area contributed by atoms with Gasteiger partial charge in [0.1, 0.15) is 16.4 Å². The number of rotatable bonds is 2. The molecule has 0 amide bonds. The molecule has 0 aliphatic carbocycles. The van der Waals surface area contributed by atoms with Gasteiger partial charge in [0.05, 0.1) is 12.0 Å². The summed E-state index contributed by atoms with van der Waals surface area (Å²) >= 11 is 10.8.